The summed E-state index contributed by atoms with van der Waals surface area (Å²) in [4.78, 5) is 50.7. The molecule has 162 valence electrons. The van der Waals surface area contributed by atoms with E-state index in [9.17, 15) is 19.2 Å². The predicted molar refractivity (Wildman–Crippen MR) is 111 cm³/mol. The second-order valence-electron chi connectivity index (χ2n) is 9.35. The molecule has 1 heterocycles. The molecule has 0 aromatic heterocycles. The largest absolute Gasteiger partial charge is 0.456 e. The summed E-state index contributed by atoms with van der Waals surface area (Å²) in [5.74, 6) is -1.47. The number of Topliss-reactive ketones (excluding diaryl/α,β-unsaturated/α-hetero) is 1. The van der Waals surface area contributed by atoms with Crippen molar-refractivity contribution in [3.05, 3.63) is 35.4 Å². The summed E-state index contributed by atoms with van der Waals surface area (Å²) in [5, 5.41) is 2.80. The van der Waals surface area contributed by atoms with E-state index in [2.05, 4.69) is 26.1 Å². The topological polar surface area (TPSA) is 92.8 Å². The van der Waals surface area contributed by atoms with Crippen LogP contribution in [0.3, 0.4) is 0 Å². The number of hydrogen-bond acceptors (Lipinski definition) is 5. The third-order valence-corrected chi connectivity index (χ3v) is 6.23. The molecule has 0 bridgehead atoms. The van der Waals surface area contributed by atoms with Crippen molar-refractivity contribution in [3.63, 3.8) is 0 Å². The average molecular weight is 415 g/mol. The average Bonchev–Trinajstić information content (AvgIpc) is 2.93. The first-order valence-electron chi connectivity index (χ1n) is 10.5. The molecule has 7 nitrogen and oxygen atoms in total. The number of nitrogens with one attached hydrogen (secondary N) is 1. The highest BCUT2D eigenvalue weighted by Crippen LogP contribution is 2.38. The van der Waals surface area contributed by atoms with Crippen LogP contribution in [-0.2, 0) is 19.7 Å². The van der Waals surface area contributed by atoms with Gasteiger partial charge < -0.3 is 10.1 Å². The van der Waals surface area contributed by atoms with Gasteiger partial charge in [-0.05, 0) is 29.7 Å². The van der Waals surface area contributed by atoms with Gasteiger partial charge in [0.05, 0.1) is 0 Å². The molecule has 1 spiro atoms. The van der Waals surface area contributed by atoms with Crippen molar-refractivity contribution >= 4 is 23.7 Å². The summed E-state index contributed by atoms with van der Waals surface area (Å²) in [6, 6.07) is 6.61. The second-order valence-corrected chi connectivity index (χ2v) is 9.35. The van der Waals surface area contributed by atoms with Gasteiger partial charge in [-0.3, -0.25) is 19.3 Å². The summed E-state index contributed by atoms with van der Waals surface area (Å²) < 4.78 is 5.05. The van der Waals surface area contributed by atoms with Crippen LogP contribution in [0.4, 0.5) is 4.79 Å². The number of imide groups is 1. The van der Waals surface area contributed by atoms with Crippen LogP contribution < -0.4 is 5.32 Å². The van der Waals surface area contributed by atoms with Gasteiger partial charge in [-0.25, -0.2) is 4.79 Å². The molecule has 1 saturated carbocycles. The Bertz CT molecular complexity index is 855. The van der Waals surface area contributed by atoms with Crippen LogP contribution >= 0.6 is 0 Å². The molecule has 1 saturated heterocycles. The summed E-state index contributed by atoms with van der Waals surface area (Å²) in [6.45, 7) is 7.27. The van der Waals surface area contributed by atoms with Crippen molar-refractivity contribution in [3.8, 4) is 0 Å². The number of ketones is 1. The minimum atomic E-state index is -0.916. The first kappa shape index (κ1) is 22.0. The molecule has 0 unspecified atom stereocenters. The fraction of sp³-hybridized carbons (Fsp3) is 0.565. The van der Waals surface area contributed by atoms with Gasteiger partial charge >= 0.3 is 12.0 Å². The first-order valence-corrected chi connectivity index (χ1v) is 10.5. The maximum absolute atomic E-state index is 12.9. The second kappa shape index (κ2) is 8.20. The van der Waals surface area contributed by atoms with Gasteiger partial charge in [0.1, 0.15) is 12.1 Å². The number of carbonyl (C=O) groups excluding carboxylic acids is 4. The number of hydrogen-bond donors (Lipinski definition) is 1. The van der Waals surface area contributed by atoms with Crippen LogP contribution in [0.15, 0.2) is 24.3 Å². The molecule has 2 atom stereocenters. The molecule has 1 aromatic carbocycles. The summed E-state index contributed by atoms with van der Waals surface area (Å²) in [5.41, 5.74) is 0.603. The smallest absolute Gasteiger partial charge is 0.326 e. The lowest BCUT2D eigenvalue weighted by molar-refractivity contribution is -0.147. The zero-order valence-electron chi connectivity index (χ0n) is 18.1. The number of urea groups is 1. The standard InChI is InChI=1S/C23H30N2O5/c1-15-7-5-6-12-23(15)20(28)25(21(29)24-23)13-19(27)30-14-18(26)16-8-10-17(11-9-16)22(2,3)4/h8-11,15H,5-7,12-14H2,1-4H3,(H,24,29)/t15-,23-/m0/s1. The Hall–Kier alpha value is -2.70. The Balaban J connectivity index is 1.56. The number of amides is 3. The Kier molecular flexibility index (Phi) is 6.01. The lowest BCUT2D eigenvalue weighted by Crippen LogP contribution is -2.54. The van der Waals surface area contributed by atoms with Gasteiger partial charge in [0.15, 0.2) is 12.4 Å². The molecule has 0 radical (unpaired) electrons. The number of carbonyl (C=O) groups is 4. The molecule has 1 N–H and O–H groups in total. The van der Waals surface area contributed by atoms with Crippen LogP contribution in [0.1, 0.15) is 69.3 Å². The van der Waals surface area contributed by atoms with Crippen molar-refractivity contribution in [2.45, 2.75) is 64.3 Å². The lowest BCUT2D eigenvalue weighted by Gasteiger charge is -2.36. The van der Waals surface area contributed by atoms with E-state index in [4.69, 9.17) is 4.74 Å². The summed E-state index contributed by atoms with van der Waals surface area (Å²) >= 11 is 0. The molecule has 1 aliphatic heterocycles. The molecule has 1 aliphatic carbocycles. The number of ether oxygens (including phenoxy) is 1. The van der Waals surface area contributed by atoms with E-state index in [-0.39, 0.29) is 23.0 Å². The molecular formula is C23H30N2O5. The number of rotatable bonds is 5. The van der Waals surface area contributed by atoms with Gasteiger partial charge in [-0.2, -0.15) is 0 Å². The first-order chi connectivity index (χ1) is 14.0. The summed E-state index contributed by atoms with van der Waals surface area (Å²) in [6.07, 6.45) is 3.31. The van der Waals surface area contributed by atoms with E-state index in [1.165, 1.54) is 0 Å². The van der Waals surface area contributed by atoms with Crippen molar-refractivity contribution in [2.75, 3.05) is 13.2 Å². The fourth-order valence-electron chi connectivity index (χ4n) is 4.20. The maximum Gasteiger partial charge on any atom is 0.326 e. The third kappa shape index (κ3) is 4.25. The van der Waals surface area contributed by atoms with Crippen molar-refractivity contribution in [1.82, 2.24) is 10.2 Å². The highest BCUT2D eigenvalue weighted by molar-refractivity contribution is 6.09. The quantitative estimate of drug-likeness (QED) is 0.454. The molecule has 2 aliphatic rings. The van der Waals surface area contributed by atoms with E-state index >= 15 is 0 Å². The van der Waals surface area contributed by atoms with Gasteiger partial charge in [0, 0.05) is 5.56 Å². The molecular weight excluding hydrogens is 384 g/mol. The molecule has 2 fully saturated rings. The molecule has 7 heteroatoms. The number of benzene rings is 1. The van der Waals surface area contributed by atoms with Crippen LogP contribution in [0.5, 0.6) is 0 Å². The lowest BCUT2D eigenvalue weighted by atomic mass is 9.73. The van der Waals surface area contributed by atoms with Gasteiger partial charge in [-0.15, -0.1) is 0 Å². The van der Waals surface area contributed by atoms with Crippen molar-refractivity contribution in [2.24, 2.45) is 5.92 Å². The van der Waals surface area contributed by atoms with Gasteiger partial charge in [0.2, 0.25) is 0 Å². The van der Waals surface area contributed by atoms with E-state index in [1.54, 1.807) is 12.1 Å². The number of nitrogens with zero attached hydrogens (tertiary/aromatic N) is 1. The van der Waals surface area contributed by atoms with E-state index in [1.807, 2.05) is 19.1 Å². The maximum atomic E-state index is 12.9. The minimum absolute atomic E-state index is 0.0152. The zero-order chi connectivity index (χ0) is 22.1. The van der Waals surface area contributed by atoms with Crippen LogP contribution in [0.2, 0.25) is 0 Å². The zero-order valence-corrected chi connectivity index (χ0v) is 18.1. The van der Waals surface area contributed by atoms with Crippen LogP contribution in [0.25, 0.3) is 0 Å². The third-order valence-electron chi connectivity index (χ3n) is 6.23. The monoisotopic (exact) mass is 414 g/mol. The SMILES string of the molecule is C[C@H]1CCCC[C@]12NC(=O)N(CC(=O)OCC(=O)c1ccc(C(C)(C)C)cc1)C2=O. The van der Waals surface area contributed by atoms with E-state index < -0.39 is 30.7 Å². The van der Waals surface area contributed by atoms with E-state index in [0.29, 0.717) is 12.0 Å². The molecule has 30 heavy (non-hydrogen) atoms. The Morgan fingerprint density at radius 1 is 1.17 bits per heavy atom. The van der Waals surface area contributed by atoms with Crippen LogP contribution in [-0.4, -0.2) is 47.3 Å². The highest BCUT2D eigenvalue weighted by atomic mass is 16.5. The highest BCUT2D eigenvalue weighted by Gasteiger charge is 2.55. The van der Waals surface area contributed by atoms with E-state index in [0.717, 1.165) is 29.7 Å². The fourth-order valence-corrected chi connectivity index (χ4v) is 4.20. The van der Waals surface area contributed by atoms with Crippen molar-refractivity contribution < 1.29 is 23.9 Å². The molecule has 3 amide bonds. The Morgan fingerprint density at radius 3 is 2.43 bits per heavy atom. The summed E-state index contributed by atoms with van der Waals surface area (Å²) in [7, 11) is 0. The van der Waals surface area contributed by atoms with Gasteiger partial charge in [0.25, 0.3) is 5.91 Å². The van der Waals surface area contributed by atoms with Crippen molar-refractivity contribution in [1.29, 1.82) is 0 Å². The predicted octanol–water partition coefficient (Wildman–Crippen LogP) is 3.21. The molecule has 1 aromatic rings. The minimum Gasteiger partial charge on any atom is -0.456 e. The molecule has 3 rings (SSSR count). The Morgan fingerprint density at radius 2 is 1.83 bits per heavy atom. The Labute approximate surface area is 177 Å². The van der Waals surface area contributed by atoms with Crippen LogP contribution in [0, 0.1) is 5.92 Å². The van der Waals surface area contributed by atoms with Gasteiger partial charge in [-0.1, -0.05) is 64.8 Å². The normalized spacial score (nSPS) is 24.1. The number of esters is 1.